The van der Waals surface area contributed by atoms with Gasteiger partial charge in [-0.15, -0.1) is 0 Å². The van der Waals surface area contributed by atoms with E-state index in [1.807, 2.05) is 23.9 Å². The molecule has 0 saturated carbocycles. The van der Waals surface area contributed by atoms with Crippen LogP contribution >= 0.6 is 24.4 Å². The van der Waals surface area contributed by atoms with Crippen LogP contribution in [0.1, 0.15) is 0 Å². The summed E-state index contributed by atoms with van der Waals surface area (Å²) < 4.78 is 0. The fourth-order valence-electron chi connectivity index (χ4n) is 0.451. The fourth-order valence-corrected chi connectivity index (χ4v) is 1.56. The van der Waals surface area contributed by atoms with Crippen LogP contribution in [-0.4, -0.2) is 43.0 Å². The van der Waals surface area contributed by atoms with Crippen LogP contribution in [0.4, 0.5) is 0 Å². The first-order valence-electron chi connectivity index (χ1n) is 3.25. The van der Waals surface area contributed by atoms with E-state index in [0.717, 1.165) is 23.8 Å². The van der Waals surface area contributed by atoms with Crippen molar-refractivity contribution >= 4 is 24.4 Å². The molecule has 0 spiro atoms. The number of hydroxylamine groups is 2. The second-order valence-electron chi connectivity index (χ2n) is 1.87. The van der Waals surface area contributed by atoms with Gasteiger partial charge in [0, 0.05) is 25.1 Å². The highest BCUT2D eigenvalue weighted by atomic mass is 32.2. The molecule has 0 N–H and O–H groups in total. The monoisotopic (exact) mass is 181 g/mol. The molecule has 0 amide bonds. The Morgan fingerprint density at radius 2 is 2.20 bits per heavy atom. The summed E-state index contributed by atoms with van der Waals surface area (Å²) in [7, 11) is 3.62. The van der Waals surface area contributed by atoms with Crippen LogP contribution in [0, 0.1) is 0 Å². The van der Waals surface area contributed by atoms with Crippen LogP contribution in [0.15, 0.2) is 0 Å². The molecule has 0 atom stereocenters. The van der Waals surface area contributed by atoms with Crippen LogP contribution in [0.2, 0.25) is 0 Å². The largest absolute Gasteiger partial charge is 0.303 e. The lowest BCUT2D eigenvalue weighted by molar-refractivity contribution is -0.103. The Kier molecular flexibility index (Phi) is 8.20. The molecular weight excluding hydrogens is 166 g/mol. The van der Waals surface area contributed by atoms with E-state index in [4.69, 9.17) is 4.84 Å². The van der Waals surface area contributed by atoms with Crippen molar-refractivity contribution in [1.29, 1.82) is 0 Å². The van der Waals surface area contributed by atoms with Crippen molar-refractivity contribution < 1.29 is 4.84 Å². The molecule has 0 aliphatic carbocycles. The van der Waals surface area contributed by atoms with Gasteiger partial charge in [0.25, 0.3) is 0 Å². The Morgan fingerprint density at radius 1 is 1.50 bits per heavy atom. The first-order valence-corrected chi connectivity index (χ1v) is 5.03. The standard InChI is InChI=1S/C6H15NOS2/c1-7(8-2)3-5-10-6-4-9/h9H,3-6H2,1-2H3. The number of rotatable bonds is 6. The van der Waals surface area contributed by atoms with Gasteiger partial charge in [-0.25, -0.2) is 0 Å². The number of hydrogen-bond acceptors (Lipinski definition) is 4. The molecule has 0 fully saturated rings. The minimum absolute atomic E-state index is 0.960. The first-order chi connectivity index (χ1) is 4.81. The number of hydrogen-bond donors (Lipinski definition) is 1. The van der Waals surface area contributed by atoms with Gasteiger partial charge >= 0.3 is 0 Å². The third-order valence-corrected chi connectivity index (χ3v) is 2.59. The van der Waals surface area contributed by atoms with Crippen molar-refractivity contribution in [1.82, 2.24) is 5.06 Å². The van der Waals surface area contributed by atoms with Gasteiger partial charge in [-0.1, -0.05) is 0 Å². The molecule has 0 heterocycles. The molecule has 0 radical (unpaired) electrons. The van der Waals surface area contributed by atoms with Crippen LogP contribution in [0.25, 0.3) is 0 Å². The lowest BCUT2D eigenvalue weighted by Gasteiger charge is -2.11. The molecule has 10 heavy (non-hydrogen) atoms. The Hall–Kier alpha value is 0.620. The topological polar surface area (TPSA) is 12.5 Å². The van der Waals surface area contributed by atoms with Gasteiger partial charge in [0.2, 0.25) is 0 Å². The number of nitrogens with zero attached hydrogens (tertiary/aromatic N) is 1. The van der Waals surface area contributed by atoms with Crippen molar-refractivity contribution in [3.8, 4) is 0 Å². The molecule has 4 heteroatoms. The summed E-state index contributed by atoms with van der Waals surface area (Å²) in [5.74, 6) is 3.20. The number of thiol groups is 1. The molecule has 0 saturated heterocycles. The van der Waals surface area contributed by atoms with Gasteiger partial charge in [-0.3, -0.25) is 0 Å². The highest BCUT2D eigenvalue weighted by Crippen LogP contribution is 2.00. The fraction of sp³-hybridized carbons (Fsp3) is 1.00. The number of thioether (sulfide) groups is 1. The molecule has 2 nitrogen and oxygen atoms in total. The maximum Gasteiger partial charge on any atom is 0.0575 e. The van der Waals surface area contributed by atoms with Gasteiger partial charge in [-0.05, 0) is 5.75 Å². The van der Waals surface area contributed by atoms with Crippen molar-refractivity contribution in [2.75, 3.05) is 38.0 Å². The van der Waals surface area contributed by atoms with E-state index >= 15 is 0 Å². The Balaban J connectivity index is 2.89. The third kappa shape index (κ3) is 6.74. The molecule has 0 aliphatic rings. The van der Waals surface area contributed by atoms with Gasteiger partial charge in [0.1, 0.15) is 0 Å². The minimum Gasteiger partial charge on any atom is -0.303 e. The predicted octanol–water partition coefficient (Wildman–Crippen LogP) is 1.14. The summed E-state index contributed by atoms with van der Waals surface area (Å²) in [6, 6.07) is 0. The van der Waals surface area contributed by atoms with E-state index in [-0.39, 0.29) is 0 Å². The van der Waals surface area contributed by atoms with E-state index in [1.54, 1.807) is 7.11 Å². The Labute approximate surface area is 72.7 Å². The van der Waals surface area contributed by atoms with Crippen molar-refractivity contribution in [2.24, 2.45) is 0 Å². The summed E-state index contributed by atoms with van der Waals surface area (Å²) in [6.07, 6.45) is 0. The second kappa shape index (κ2) is 7.72. The normalized spacial score (nSPS) is 10.8. The van der Waals surface area contributed by atoms with E-state index in [9.17, 15) is 0 Å². The molecule has 0 aromatic rings. The summed E-state index contributed by atoms with van der Waals surface area (Å²) >= 11 is 6.00. The SMILES string of the molecule is CON(C)CCSCCS. The minimum atomic E-state index is 0.960. The molecule has 0 unspecified atom stereocenters. The predicted molar refractivity (Wildman–Crippen MR) is 50.8 cm³/mol. The van der Waals surface area contributed by atoms with Gasteiger partial charge < -0.3 is 4.84 Å². The van der Waals surface area contributed by atoms with E-state index < -0.39 is 0 Å². The van der Waals surface area contributed by atoms with Gasteiger partial charge in [-0.2, -0.15) is 29.5 Å². The van der Waals surface area contributed by atoms with Gasteiger partial charge in [0.05, 0.1) is 7.11 Å². The Morgan fingerprint density at radius 3 is 2.70 bits per heavy atom. The average molecular weight is 181 g/mol. The molecule has 0 bridgehead atoms. The summed E-state index contributed by atoms with van der Waals surface area (Å²) in [4.78, 5) is 4.93. The summed E-state index contributed by atoms with van der Waals surface area (Å²) in [5, 5.41) is 1.82. The van der Waals surface area contributed by atoms with Gasteiger partial charge in [0.15, 0.2) is 0 Å². The quantitative estimate of drug-likeness (QED) is 0.375. The van der Waals surface area contributed by atoms with Crippen LogP contribution in [-0.2, 0) is 4.84 Å². The van der Waals surface area contributed by atoms with Crippen molar-refractivity contribution in [3.05, 3.63) is 0 Å². The molecule has 0 aromatic carbocycles. The van der Waals surface area contributed by atoms with E-state index in [0.29, 0.717) is 0 Å². The third-order valence-electron chi connectivity index (χ3n) is 1.10. The lowest BCUT2D eigenvalue weighted by atomic mass is 10.7. The Bertz CT molecular complexity index is 72.8. The van der Waals surface area contributed by atoms with E-state index in [1.165, 1.54) is 0 Å². The first kappa shape index (κ1) is 10.6. The zero-order valence-electron chi connectivity index (χ0n) is 6.54. The highest BCUT2D eigenvalue weighted by Gasteiger charge is 1.93. The van der Waals surface area contributed by atoms with Crippen molar-refractivity contribution in [2.45, 2.75) is 0 Å². The maximum atomic E-state index is 4.93. The molecule has 0 aromatic heterocycles. The summed E-state index contributed by atoms with van der Waals surface area (Å²) in [6.45, 7) is 0.981. The summed E-state index contributed by atoms with van der Waals surface area (Å²) in [5.41, 5.74) is 0. The molecular formula is C6H15NOS2. The highest BCUT2D eigenvalue weighted by molar-refractivity contribution is 8.00. The van der Waals surface area contributed by atoms with Crippen LogP contribution in [0.3, 0.4) is 0 Å². The zero-order valence-corrected chi connectivity index (χ0v) is 8.25. The smallest absolute Gasteiger partial charge is 0.0575 e. The maximum absolute atomic E-state index is 4.93. The van der Waals surface area contributed by atoms with Crippen molar-refractivity contribution in [3.63, 3.8) is 0 Å². The van der Waals surface area contributed by atoms with E-state index in [2.05, 4.69) is 12.6 Å². The van der Waals surface area contributed by atoms with Crippen LogP contribution in [0.5, 0.6) is 0 Å². The average Bonchev–Trinajstić information content (AvgIpc) is 1.98. The molecule has 0 aliphatic heterocycles. The molecule has 0 rings (SSSR count). The molecule has 62 valence electrons. The lowest BCUT2D eigenvalue weighted by Crippen LogP contribution is -2.19. The van der Waals surface area contributed by atoms with Crippen LogP contribution < -0.4 is 0 Å². The second-order valence-corrected chi connectivity index (χ2v) is 3.54. The zero-order chi connectivity index (χ0) is 7.82.